The zero-order chi connectivity index (χ0) is 29.3. The minimum absolute atomic E-state index is 0.581. The van der Waals surface area contributed by atoms with Crippen LogP contribution in [0.1, 0.15) is 0 Å². The van der Waals surface area contributed by atoms with Crippen molar-refractivity contribution in [2.75, 3.05) is 6.61 Å². The third-order valence-corrected chi connectivity index (χ3v) is 3.58. The van der Waals surface area contributed by atoms with Crippen molar-refractivity contribution < 1.29 is 77.8 Å². The Labute approximate surface area is 199 Å². The molecule has 5 atom stereocenters. The summed E-state index contributed by atoms with van der Waals surface area (Å²) in [5.41, 5.74) is 2.49. The van der Waals surface area contributed by atoms with Crippen LogP contribution in [0.4, 0.5) is 0 Å². The zero-order valence-electron chi connectivity index (χ0n) is 17.6. The van der Waals surface area contributed by atoms with Gasteiger partial charge in [-0.2, -0.15) is 0 Å². The van der Waals surface area contributed by atoms with E-state index in [1.165, 1.54) is 6.08 Å². The third kappa shape index (κ3) is 15.0. The van der Waals surface area contributed by atoms with Crippen LogP contribution in [0.3, 0.4) is 0 Å². The smallest absolute Gasteiger partial charge is 0.394 e. The molecule has 1 saturated heterocycles. The highest BCUT2D eigenvalue weighted by Gasteiger charge is 2.58. The van der Waals surface area contributed by atoms with Gasteiger partial charge < -0.3 is 69.8 Å². The van der Waals surface area contributed by atoms with Crippen LogP contribution in [0.2, 0.25) is 0 Å². The average molecular weight is 593 g/mol. The second kappa shape index (κ2) is 14.5. The molecule has 21 nitrogen and oxygen atoms in total. The van der Waals surface area contributed by atoms with Gasteiger partial charge in [0.05, 0.1) is 12.6 Å². The van der Waals surface area contributed by atoms with Gasteiger partial charge in [0.15, 0.2) is 5.72 Å². The molecule has 1 aliphatic rings. The monoisotopic (exact) mass is 593 g/mol. The number of nitrogens with one attached hydrogen (secondary N) is 1. The molecule has 1 fully saturated rings. The fraction of sp³-hybridized carbons (Fsp3) is 0.500. The standard InChI is InChI=1S/C12H17N3O6.3H3O4P/c1-2-7(13)12(10(19)9(18)6(5-16)21-12)15-4-3-8(17)14-11(15)20;3*1-5(2,3)4/h2-4,6-7,9-10,16,18-19H,1,5,13H2,(H,14,17,20);3*(H3,1,2,3,4)/t6-,7?,9-,10-,12-;;;/m1.../s1. The van der Waals surface area contributed by atoms with Crippen LogP contribution >= 0.6 is 23.5 Å². The van der Waals surface area contributed by atoms with Crippen LogP contribution in [-0.4, -0.2) is 99.9 Å². The van der Waals surface area contributed by atoms with Gasteiger partial charge in [-0.3, -0.25) is 14.3 Å². The van der Waals surface area contributed by atoms with E-state index in [1.54, 1.807) is 0 Å². The quantitative estimate of drug-likeness (QED) is 0.114. The summed E-state index contributed by atoms with van der Waals surface area (Å²) in [7, 11) is -13.9. The van der Waals surface area contributed by atoms with Crippen LogP contribution < -0.4 is 17.0 Å². The molecule has 1 unspecified atom stereocenters. The van der Waals surface area contributed by atoms with E-state index >= 15 is 0 Å². The summed E-state index contributed by atoms with van der Waals surface area (Å²) < 4.78 is 33.0. The van der Waals surface area contributed by atoms with E-state index < -0.39 is 71.4 Å². The summed E-state index contributed by atoms with van der Waals surface area (Å²) in [5.74, 6) is 0. The van der Waals surface area contributed by atoms with Gasteiger partial charge in [-0.15, -0.1) is 6.58 Å². The number of nitrogens with two attached hydrogens (primary N) is 1. The van der Waals surface area contributed by atoms with Crippen molar-refractivity contribution in [3.8, 4) is 0 Å². The number of H-pyrrole nitrogens is 1. The largest absolute Gasteiger partial charge is 0.466 e. The lowest BCUT2D eigenvalue weighted by atomic mass is 9.95. The summed E-state index contributed by atoms with van der Waals surface area (Å²) in [5, 5.41) is 29.4. The van der Waals surface area contributed by atoms with E-state index in [0.29, 0.717) is 0 Å². The Bertz CT molecular complexity index is 1020. The number of phosphoric acid groups is 3. The predicted octanol–water partition coefficient (Wildman–Crippen LogP) is -5.97. The van der Waals surface area contributed by atoms with Crippen molar-refractivity contribution >= 4 is 23.5 Å². The first-order valence-electron chi connectivity index (χ1n) is 8.58. The highest BCUT2D eigenvalue weighted by atomic mass is 31.2. The zero-order valence-corrected chi connectivity index (χ0v) is 20.3. The molecule has 0 bridgehead atoms. The molecule has 2 rings (SSSR count). The van der Waals surface area contributed by atoms with E-state index in [-0.39, 0.29) is 0 Å². The van der Waals surface area contributed by atoms with Crippen LogP contribution in [0.25, 0.3) is 0 Å². The van der Waals surface area contributed by atoms with E-state index in [0.717, 1.165) is 16.8 Å². The molecule has 0 spiro atoms. The molecule has 212 valence electrons. The first-order valence-corrected chi connectivity index (χ1v) is 13.3. The van der Waals surface area contributed by atoms with Gasteiger partial charge in [-0.05, 0) is 0 Å². The van der Waals surface area contributed by atoms with Crippen LogP contribution in [0, 0.1) is 0 Å². The fourth-order valence-electron chi connectivity index (χ4n) is 2.47. The number of nitrogens with zero attached hydrogens (tertiary/aromatic N) is 1. The van der Waals surface area contributed by atoms with E-state index in [9.17, 15) is 24.9 Å². The molecule has 1 aromatic rings. The van der Waals surface area contributed by atoms with Gasteiger partial charge in [0.2, 0.25) is 0 Å². The molecule has 0 amide bonds. The number of rotatable bonds is 4. The lowest BCUT2D eigenvalue weighted by Gasteiger charge is -2.37. The van der Waals surface area contributed by atoms with Gasteiger partial charge in [0.1, 0.15) is 18.3 Å². The number of hydrogen-bond acceptors (Lipinski definition) is 10. The lowest BCUT2D eigenvalue weighted by molar-refractivity contribution is -0.157. The minimum Gasteiger partial charge on any atom is -0.394 e. The second-order valence-corrected chi connectivity index (χ2v) is 9.39. The van der Waals surface area contributed by atoms with Gasteiger partial charge in [-0.1, -0.05) is 6.08 Å². The van der Waals surface area contributed by atoms with E-state index in [2.05, 4.69) is 6.58 Å². The molecule has 0 radical (unpaired) electrons. The molecule has 0 aromatic carbocycles. The van der Waals surface area contributed by atoms with Crippen LogP contribution in [0.5, 0.6) is 0 Å². The molecular weight excluding hydrogens is 567 g/mol. The van der Waals surface area contributed by atoms with Gasteiger partial charge in [0, 0.05) is 12.3 Å². The van der Waals surface area contributed by atoms with Crippen molar-refractivity contribution in [1.82, 2.24) is 9.55 Å². The maximum atomic E-state index is 12.0. The maximum absolute atomic E-state index is 12.0. The van der Waals surface area contributed by atoms with Gasteiger partial charge >= 0.3 is 29.2 Å². The molecule has 1 aliphatic heterocycles. The highest BCUT2D eigenvalue weighted by molar-refractivity contribution is 7.45. The van der Waals surface area contributed by atoms with Crippen molar-refractivity contribution in [1.29, 1.82) is 0 Å². The van der Waals surface area contributed by atoms with E-state index in [1.807, 2.05) is 4.98 Å². The molecule has 15 N–H and O–H groups in total. The topological polar surface area (TPSA) is 384 Å². The Kier molecular flexibility index (Phi) is 14.8. The summed E-state index contributed by atoms with van der Waals surface area (Å²) in [6, 6.07) is -0.0319. The van der Waals surface area contributed by atoms with Crippen molar-refractivity contribution in [3.63, 3.8) is 0 Å². The summed E-state index contributed by atoms with van der Waals surface area (Å²) >= 11 is 0. The number of hydrogen-bond donors (Lipinski definition) is 14. The van der Waals surface area contributed by atoms with Gasteiger partial charge in [-0.25, -0.2) is 18.5 Å². The Hall–Kier alpha value is -1.45. The summed E-state index contributed by atoms with van der Waals surface area (Å²) in [6.45, 7) is 2.90. The molecule has 24 heteroatoms. The molecule has 0 aliphatic carbocycles. The Balaban J connectivity index is 0. The van der Waals surface area contributed by atoms with Crippen molar-refractivity contribution in [3.05, 3.63) is 45.8 Å². The highest BCUT2D eigenvalue weighted by Crippen LogP contribution is 2.37. The third-order valence-electron chi connectivity index (χ3n) is 3.58. The first kappa shape index (κ1) is 36.7. The van der Waals surface area contributed by atoms with Crippen molar-refractivity contribution in [2.45, 2.75) is 30.1 Å². The lowest BCUT2D eigenvalue weighted by Crippen LogP contribution is -2.60. The number of ether oxygens (including phenoxy) is 1. The number of aromatic amines is 1. The summed E-state index contributed by atoms with van der Waals surface area (Å²) in [4.78, 5) is 89.8. The number of aliphatic hydroxyl groups excluding tert-OH is 3. The Morgan fingerprint density at radius 1 is 1.03 bits per heavy atom. The minimum atomic E-state index is -4.64. The maximum Gasteiger partial charge on any atom is 0.466 e. The molecule has 2 heterocycles. The Morgan fingerprint density at radius 2 is 1.42 bits per heavy atom. The van der Waals surface area contributed by atoms with E-state index in [4.69, 9.17) is 68.2 Å². The van der Waals surface area contributed by atoms with Crippen LogP contribution in [-0.2, 0) is 24.2 Å². The second-order valence-electron chi connectivity index (χ2n) is 6.31. The Morgan fingerprint density at radius 3 is 1.69 bits per heavy atom. The summed E-state index contributed by atoms with van der Waals surface area (Å²) in [6.07, 6.45) is -1.87. The first-order chi connectivity index (χ1) is 15.9. The molecule has 0 saturated carbocycles. The molecule has 1 aromatic heterocycles. The average Bonchev–Trinajstić information content (AvgIpc) is 2.89. The normalized spacial score (nSPS) is 24.6. The fourth-order valence-corrected chi connectivity index (χ4v) is 2.47. The van der Waals surface area contributed by atoms with Crippen molar-refractivity contribution in [2.24, 2.45) is 5.73 Å². The number of aliphatic hydroxyl groups is 3. The number of aromatic nitrogens is 2. The predicted molar refractivity (Wildman–Crippen MR) is 114 cm³/mol. The SMILES string of the molecule is C=CC(N)[C@@]1(n2ccc(=O)[nH]c2=O)O[C@H](CO)[C@@H](O)[C@H]1O.O=P(O)(O)O.O=P(O)(O)O.O=P(O)(O)O. The molecule has 36 heavy (non-hydrogen) atoms. The molecular formula is C12H26N3O18P3. The van der Waals surface area contributed by atoms with Crippen LogP contribution in [0.15, 0.2) is 34.5 Å². The van der Waals surface area contributed by atoms with Gasteiger partial charge in [0.25, 0.3) is 5.56 Å².